The molecule has 2 rings (SSSR count). The van der Waals surface area contributed by atoms with Crippen LogP contribution in [0, 0.1) is 5.92 Å². The molecular weight excluding hydrogens is 314 g/mol. The summed E-state index contributed by atoms with van der Waals surface area (Å²) in [7, 11) is 2.95. The number of hydrogen-bond donors (Lipinski definition) is 1. The van der Waals surface area contributed by atoms with E-state index in [9.17, 15) is 9.59 Å². The number of hydrogen-bond acceptors (Lipinski definition) is 6. The Labute approximate surface area is 139 Å². The second-order valence-corrected chi connectivity index (χ2v) is 6.49. The molecule has 5 nitrogen and oxygen atoms in total. The molecule has 0 bridgehead atoms. The molecule has 1 heterocycles. The molecule has 0 unspecified atom stereocenters. The van der Waals surface area contributed by atoms with Crippen molar-refractivity contribution in [1.29, 1.82) is 0 Å². The van der Waals surface area contributed by atoms with Crippen molar-refractivity contribution in [3.8, 4) is 5.75 Å². The predicted molar refractivity (Wildman–Crippen MR) is 91.3 cm³/mol. The van der Waals surface area contributed by atoms with E-state index in [1.54, 1.807) is 14.0 Å². The van der Waals surface area contributed by atoms with Crippen LogP contribution in [0.2, 0.25) is 0 Å². The first-order chi connectivity index (χ1) is 11.0. The zero-order valence-electron chi connectivity index (χ0n) is 13.5. The minimum absolute atomic E-state index is 0.0524. The number of fused-ring (bicyclic) bond motifs is 1. The lowest BCUT2D eigenvalue weighted by atomic mass is 10.0. The first-order valence-corrected chi connectivity index (χ1v) is 8.23. The highest BCUT2D eigenvalue weighted by Crippen LogP contribution is 2.33. The van der Waals surface area contributed by atoms with E-state index < -0.39 is 5.92 Å². The van der Waals surface area contributed by atoms with Gasteiger partial charge in [-0.05, 0) is 42.1 Å². The summed E-state index contributed by atoms with van der Waals surface area (Å²) < 4.78 is 11.0. The normalized spacial score (nSPS) is 12.2. The average Bonchev–Trinajstić information content (AvgIpc) is 2.96. The van der Waals surface area contributed by atoms with Crippen molar-refractivity contribution in [3.63, 3.8) is 0 Å². The van der Waals surface area contributed by atoms with Gasteiger partial charge < -0.3 is 15.2 Å². The molecule has 2 N–H and O–H groups in total. The SMILES string of the molecule is COC(=O)[C@@H](C)CC(=O)c1cc2cc(CCN)c(OC)cc2s1. The molecule has 124 valence electrons. The fraction of sp³-hybridized carbons (Fsp3) is 0.412. The molecule has 1 aromatic heterocycles. The van der Waals surface area contributed by atoms with Crippen molar-refractivity contribution < 1.29 is 19.1 Å². The number of methoxy groups -OCH3 is 2. The lowest BCUT2D eigenvalue weighted by Gasteiger charge is -2.07. The van der Waals surface area contributed by atoms with Crippen molar-refractivity contribution in [2.75, 3.05) is 20.8 Å². The number of carbonyl (C=O) groups is 2. The van der Waals surface area contributed by atoms with Gasteiger partial charge in [-0.3, -0.25) is 9.59 Å². The summed E-state index contributed by atoms with van der Waals surface area (Å²) in [6.45, 7) is 2.23. The van der Waals surface area contributed by atoms with Gasteiger partial charge >= 0.3 is 5.97 Å². The number of rotatable bonds is 7. The van der Waals surface area contributed by atoms with E-state index in [0.717, 1.165) is 27.8 Å². The molecule has 0 saturated heterocycles. The third-order valence-corrected chi connectivity index (χ3v) is 4.84. The van der Waals surface area contributed by atoms with Gasteiger partial charge in [0.2, 0.25) is 0 Å². The van der Waals surface area contributed by atoms with Gasteiger partial charge in [-0.2, -0.15) is 0 Å². The van der Waals surface area contributed by atoms with Crippen LogP contribution < -0.4 is 10.5 Å². The van der Waals surface area contributed by atoms with Crippen LogP contribution in [-0.4, -0.2) is 32.5 Å². The topological polar surface area (TPSA) is 78.6 Å². The van der Waals surface area contributed by atoms with Crippen molar-refractivity contribution in [2.24, 2.45) is 11.7 Å². The minimum atomic E-state index is -0.444. The molecular formula is C17H21NO4S. The summed E-state index contributed by atoms with van der Waals surface area (Å²) >= 11 is 1.41. The third-order valence-electron chi connectivity index (χ3n) is 3.70. The number of carbonyl (C=O) groups excluding carboxylic acids is 2. The van der Waals surface area contributed by atoms with Crippen LogP contribution >= 0.6 is 11.3 Å². The van der Waals surface area contributed by atoms with Gasteiger partial charge in [-0.25, -0.2) is 0 Å². The fourth-order valence-corrected chi connectivity index (χ4v) is 3.48. The van der Waals surface area contributed by atoms with Crippen LogP contribution in [0.4, 0.5) is 0 Å². The van der Waals surface area contributed by atoms with Crippen LogP contribution in [-0.2, 0) is 16.0 Å². The number of thiophene rings is 1. The molecule has 1 aromatic carbocycles. The molecule has 0 spiro atoms. The molecule has 0 amide bonds. The molecule has 6 heteroatoms. The molecule has 0 saturated carbocycles. The Morgan fingerprint density at radius 1 is 1.26 bits per heavy atom. The van der Waals surface area contributed by atoms with Gasteiger partial charge in [0.1, 0.15) is 5.75 Å². The van der Waals surface area contributed by atoms with Crippen molar-refractivity contribution in [3.05, 3.63) is 28.6 Å². The standard InChI is InChI=1S/C17H21NO4S/c1-10(17(20)22-3)6-13(19)16-8-12-7-11(4-5-18)14(21-2)9-15(12)23-16/h7-10H,4-6,18H2,1-3H3/t10-/m0/s1. The Morgan fingerprint density at radius 2 is 2.00 bits per heavy atom. The van der Waals surface area contributed by atoms with Crippen LogP contribution in [0.1, 0.15) is 28.6 Å². The zero-order valence-corrected chi connectivity index (χ0v) is 14.4. The fourth-order valence-electron chi connectivity index (χ4n) is 2.46. The second kappa shape index (κ2) is 7.57. The molecule has 1 atom stereocenters. The lowest BCUT2D eigenvalue weighted by molar-refractivity contribution is -0.144. The zero-order chi connectivity index (χ0) is 17.0. The maximum Gasteiger partial charge on any atom is 0.308 e. The molecule has 0 aliphatic heterocycles. The highest BCUT2D eigenvalue weighted by Gasteiger charge is 2.20. The van der Waals surface area contributed by atoms with E-state index in [-0.39, 0.29) is 18.2 Å². The molecule has 0 aliphatic rings. The van der Waals surface area contributed by atoms with E-state index in [4.69, 9.17) is 10.5 Å². The van der Waals surface area contributed by atoms with E-state index in [1.807, 2.05) is 18.2 Å². The van der Waals surface area contributed by atoms with Gasteiger partial charge in [0.05, 0.1) is 25.0 Å². The van der Waals surface area contributed by atoms with Crippen molar-refractivity contribution >= 4 is 33.2 Å². The summed E-state index contributed by atoms with van der Waals surface area (Å²) in [6, 6.07) is 5.81. The van der Waals surface area contributed by atoms with Crippen LogP contribution in [0.5, 0.6) is 5.75 Å². The van der Waals surface area contributed by atoms with Gasteiger partial charge in [0, 0.05) is 11.1 Å². The first kappa shape index (κ1) is 17.4. The minimum Gasteiger partial charge on any atom is -0.496 e. The molecule has 2 aromatic rings. The summed E-state index contributed by atoms with van der Waals surface area (Å²) in [4.78, 5) is 24.5. The summed E-state index contributed by atoms with van der Waals surface area (Å²) in [5, 5.41) is 0.994. The van der Waals surface area contributed by atoms with E-state index in [1.165, 1.54) is 18.4 Å². The quantitative estimate of drug-likeness (QED) is 0.622. The number of Topliss-reactive ketones (excluding diaryl/α,β-unsaturated/α-hetero) is 1. The van der Waals surface area contributed by atoms with Crippen molar-refractivity contribution in [1.82, 2.24) is 0 Å². The number of nitrogens with two attached hydrogens (primary N) is 1. The smallest absolute Gasteiger partial charge is 0.308 e. The van der Waals surface area contributed by atoms with Crippen LogP contribution in [0.3, 0.4) is 0 Å². The average molecular weight is 335 g/mol. The molecule has 23 heavy (non-hydrogen) atoms. The highest BCUT2D eigenvalue weighted by molar-refractivity contribution is 7.20. The molecule has 0 radical (unpaired) electrons. The number of benzene rings is 1. The summed E-state index contributed by atoms with van der Waals surface area (Å²) in [5.74, 6) is -0.0819. The third kappa shape index (κ3) is 3.89. The van der Waals surface area contributed by atoms with E-state index in [2.05, 4.69) is 4.74 Å². The Balaban J connectivity index is 2.29. The maximum absolute atomic E-state index is 12.4. The number of ether oxygens (including phenoxy) is 2. The Hall–Kier alpha value is -1.92. The largest absolute Gasteiger partial charge is 0.496 e. The number of ketones is 1. The molecule has 0 aliphatic carbocycles. The Kier molecular flexibility index (Phi) is 5.74. The van der Waals surface area contributed by atoms with Gasteiger partial charge in [0.25, 0.3) is 0 Å². The summed E-state index contributed by atoms with van der Waals surface area (Å²) in [5.41, 5.74) is 6.66. The number of esters is 1. The first-order valence-electron chi connectivity index (χ1n) is 7.41. The van der Waals surface area contributed by atoms with Crippen LogP contribution in [0.25, 0.3) is 10.1 Å². The molecule has 0 fully saturated rings. The van der Waals surface area contributed by atoms with Crippen LogP contribution in [0.15, 0.2) is 18.2 Å². The lowest BCUT2D eigenvalue weighted by Crippen LogP contribution is -2.16. The van der Waals surface area contributed by atoms with Gasteiger partial charge in [0.15, 0.2) is 5.78 Å². The van der Waals surface area contributed by atoms with Crippen molar-refractivity contribution in [2.45, 2.75) is 19.8 Å². The predicted octanol–water partition coefficient (Wildman–Crippen LogP) is 2.79. The monoisotopic (exact) mass is 335 g/mol. The highest BCUT2D eigenvalue weighted by atomic mass is 32.1. The van der Waals surface area contributed by atoms with E-state index >= 15 is 0 Å². The second-order valence-electron chi connectivity index (χ2n) is 5.40. The Bertz CT molecular complexity index is 723. The van der Waals surface area contributed by atoms with Gasteiger partial charge in [-0.15, -0.1) is 11.3 Å². The summed E-state index contributed by atoms with van der Waals surface area (Å²) in [6.07, 6.45) is 0.865. The van der Waals surface area contributed by atoms with Gasteiger partial charge in [-0.1, -0.05) is 6.92 Å². The Morgan fingerprint density at radius 3 is 2.61 bits per heavy atom. The van der Waals surface area contributed by atoms with E-state index in [0.29, 0.717) is 11.4 Å². The maximum atomic E-state index is 12.4.